The Morgan fingerprint density at radius 2 is 1.36 bits per heavy atom. The maximum Gasteiger partial charge on any atom is 0.126 e. The molecule has 0 saturated carbocycles. The highest BCUT2D eigenvalue weighted by molar-refractivity contribution is 6.31. The first kappa shape index (κ1) is 38.3. The van der Waals surface area contributed by atoms with Crippen molar-refractivity contribution in [2.24, 2.45) is 0 Å². The minimum absolute atomic E-state index is 0.187. The van der Waals surface area contributed by atoms with Crippen LogP contribution in [-0.2, 0) is 46.9 Å². The topological polar surface area (TPSA) is 55.4 Å². The van der Waals surface area contributed by atoms with Gasteiger partial charge in [-0.2, -0.15) is 0 Å². The number of benzene rings is 2. The van der Waals surface area contributed by atoms with Crippen molar-refractivity contribution < 1.29 is 28.4 Å². The maximum atomic E-state index is 7.39. The maximum absolute atomic E-state index is 7.39. The summed E-state index contributed by atoms with van der Waals surface area (Å²) in [6.45, 7) is 14.0. The van der Waals surface area contributed by atoms with E-state index < -0.39 is 5.60 Å². The molecule has 47 heavy (non-hydrogen) atoms. The van der Waals surface area contributed by atoms with Gasteiger partial charge in [-0.25, -0.2) is 0 Å². The van der Waals surface area contributed by atoms with E-state index in [4.69, 9.17) is 40.0 Å². The fourth-order valence-electron chi connectivity index (χ4n) is 6.93. The number of hydrogen-bond donors (Lipinski definition) is 0. The summed E-state index contributed by atoms with van der Waals surface area (Å²) in [7, 11) is 1.78. The van der Waals surface area contributed by atoms with Gasteiger partial charge in [-0.3, -0.25) is 0 Å². The van der Waals surface area contributed by atoms with Crippen LogP contribution in [0.15, 0.2) is 36.4 Å². The van der Waals surface area contributed by atoms with Crippen molar-refractivity contribution in [2.75, 3.05) is 40.1 Å². The summed E-state index contributed by atoms with van der Waals surface area (Å²) >= 11 is 7.05. The fraction of sp³-hybridized carbons (Fsp3) is 0.700. The SMILES string of the molecule is CCCCOC[C@H]1O[C@]2(CC(OC)c3cc(Cl)c(Cc4ccc(CC)cc4)cc32)[C@H](OCCCC)[C@@H](OCCCC)[C@@H]1OCCCC. The summed E-state index contributed by atoms with van der Waals surface area (Å²) < 4.78 is 40.3. The second-order valence-electron chi connectivity index (χ2n) is 13.3. The van der Waals surface area contributed by atoms with E-state index in [9.17, 15) is 0 Å². The molecule has 0 bridgehead atoms. The van der Waals surface area contributed by atoms with E-state index in [1.807, 2.05) is 0 Å². The number of halogens is 1. The van der Waals surface area contributed by atoms with Gasteiger partial charge in [0.1, 0.15) is 30.0 Å². The van der Waals surface area contributed by atoms with E-state index in [0.717, 1.165) is 85.9 Å². The van der Waals surface area contributed by atoms with Crippen LogP contribution in [-0.4, -0.2) is 64.6 Å². The van der Waals surface area contributed by atoms with Crippen LogP contribution >= 0.6 is 11.6 Å². The predicted octanol–water partition coefficient (Wildman–Crippen LogP) is 9.55. The van der Waals surface area contributed by atoms with E-state index >= 15 is 0 Å². The highest BCUT2D eigenvalue weighted by Crippen LogP contribution is 2.55. The normalized spacial score (nSPS) is 25.5. The molecule has 1 spiro atoms. The third-order valence-corrected chi connectivity index (χ3v) is 10.1. The molecule has 0 radical (unpaired) electrons. The third-order valence-electron chi connectivity index (χ3n) is 9.77. The fourth-order valence-corrected chi connectivity index (χ4v) is 7.16. The molecule has 4 rings (SSSR count). The van der Waals surface area contributed by atoms with E-state index in [1.165, 1.54) is 11.1 Å². The summed E-state index contributed by atoms with van der Waals surface area (Å²) in [6, 6.07) is 13.2. The number of unbranched alkanes of at least 4 members (excludes halogenated alkanes) is 4. The molecule has 2 aromatic carbocycles. The Morgan fingerprint density at radius 1 is 0.766 bits per heavy atom. The van der Waals surface area contributed by atoms with Gasteiger partial charge < -0.3 is 28.4 Å². The monoisotopic (exact) mass is 672 g/mol. The Labute approximate surface area is 290 Å². The van der Waals surface area contributed by atoms with Crippen LogP contribution in [0.2, 0.25) is 5.02 Å². The Morgan fingerprint density at radius 3 is 1.98 bits per heavy atom. The molecule has 1 aliphatic carbocycles. The van der Waals surface area contributed by atoms with Crippen molar-refractivity contribution >= 4 is 11.6 Å². The van der Waals surface area contributed by atoms with Crippen molar-refractivity contribution in [1.29, 1.82) is 0 Å². The summed E-state index contributed by atoms with van der Waals surface area (Å²) in [6.07, 6.45) is 8.96. The number of ether oxygens (including phenoxy) is 6. The zero-order valence-corrected chi connectivity index (χ0v) is 30.7. The van der Waals surface area contributed by atoms with E-state index in [1.54, 1.807) is 7.11 Å². The zero-order chi connectivity index (χ0) is 33.6. The number of aryl methyl sites for hydroxylation is 1. The lowest BCUT2D eigenvalue weighted by Crippen LogP contribution is -2.65. The minimum Gasteiger partial charge on any atom is -0.379 e. The Bertz CT molecular complexity index is 1190. The second kappa shape index (κ2) is 19.6. The molecule has 2 aliphatic rings. The number of rotatable bonds is 21. The van der Waals surface area contributed by atoms with Gasteiger partial charge in [-0.1, -0.05) is 102 Å². The first-order valence-corrected chi connectivity index (χ1v) is 18.9. The molecule has 264 valence electrons. The third kappa shape index (κ3) is 9.60. The first-order chi connectivity index (χ1) is 23.0. The number of hydrogen-bond acceptors (Lipinski definition) is 6. The van der Waals surface area contributed by atoms with Gasteiger partial charge in [0.05, 0.1) is 12.7 Å². The molecule has 0 amide bonds. The van der Waals surface area contributed by atoms with Crippen LogP contribution in [0.5, 0.6) is 0 Å². The molecular formula is C40H61ClO6. The molecule has 6 nitrogen and oxygen atoms in total. The Hall–Kier alpha value is -1.51. The van der Waals surface area contributed by atoms with Crippen LogP contribution in [0, 0.1) is 0 Å². The van der Waals surface area contributed by atoms with E-state index in [0.29, 0.717) is 39.5 Å². The molecule has 0 N–H and O–H groups in total. The Kier molecular flexibility index (Phi) is 16.0. The summed E-state index contributed by atoms with van der Waals surface area (Å²) in [4.78, 5) is 0. The van der Waals surface area contributed by atoms with Crippen molar-refractivity contribution in [3.63, 3.8) is 0 Å². The van der Waals surface area contributed by atoms with Crippen LogP contribution in [0.3, 0.4) is 0 Å². The van der Waals surface area contributed by atoms with Crippen molar-refractivity contribution in [3.05, 3.63) is 69.2 Å². The minimum atomic E-state index is -0.810. The molecule has 2 aromatic rings. The van der Waals surface area contributed by atoms with Crippen molar-refractivity contribution in [2.45, 2.75) is 141 Å². The molecular weight excluding hydrogens is 612 g/mol. The smallest absolute Gasteiger partial charge is 0.126 e. The average molecular weight is 673 g/mol. The lowest BCUT2D eigenvalue weighted by atomic mass is 9.79. The van der Waals surface area contributed by atoms with E-state index in [-0.39, 0.29) is 30.5 Å². The predicted molar refractivity (Wildman–Crippen MR) is 191 cm³/mol. The quantitative estimate of drug-likeness (QED) is 0.123. The molecule has 0 aromatic heterocycles. The lowest BCUT2D eigenvalue weighted by Gasteiger charge is -2.52. The molecule has 7 heteroatoms. The van der Waals surface area contributed by atoms with Crippen LogP contribution in [0.25, 0.3) is 0 Å². The molecule has 1 fully saturated rings. The Balaban J connectivity index is 1.82. The lowest BCUT2D eigenvalue weighted by molar-refractivity contribution is -0.310. The van der Waals surface area contributed by atoms with Gasteiger partial charge in [0, 0.05) is 45.0 Å². The molecule has 6 atom stereocenters. The van der Waals surface area contributed by atoms with Gasteiger partial charge >= 0.3 is 0 Å². The van der Waals surface area contributed by atoms with Crippen molar-refractivity contribution in [1.82, 2.24) is 0 Å². The van der Waals surface area contributed by atoms with Crippen LogP contribution in [0.1, 0.15) is 126 Å². The van der Waals surface area contributed by atoms with Gasteiger partial charge in [0.25, 0.3) is 0 Å². The first-order valence-electron chi connectivity index (χ1n) is 18.5. The summed E-state index contributed by atoms with van der Waals surface area (Å²) in [5.74, 6) is 0. The largest absolute Gasteiger partial charge is 0.379 e. The molecule has 1 aliphatic heterocycles. The summed E-state index contributed by atoms with van der Waals surface area (Å²) in [5, 5.41) is 0.748. The highest BCUT2D eigenvalue weighted by Gasteiger charge is 2.61. The second-order valence-corrected chi connectivity index (χ2v) is 13.7. The van der Waals surface area contributed by atoms with Gasteiger partial charge in [-0.15, -0.1) is 0 Å². The van der Waals surface area contributed by atoms with Crippen molar-refractivity contribution in [3.8, 4) is 0 Å². The number of fused-ring (bicyclic) bond motifs is 2. The number of methoxy groups -OCH3 is 1. The molecule has 1 heterocycles. The zero-order valence-electron chi connectivity index (χ0n) is 30.0. The van der Waals surface area contributed by atoms with Gasteiger partial charge in [0.2, 0.25) is 0 Å². The average Bonchev–Trinajstić information content (AvgIpc) is 3.38. The molecule has 1 saturated heterocycles. The van der Waals surface area contributed by atoms with Gasteiger partial charge in [-0.05, 0) is 72.4 Å². The van der Waals surface area contributed by atoms with Gasteiger partial charge in [0.15, 0.2) is 0 Å². The molecule has 1 unspecified atom stereocenters. The van der Waals surface area contributed by atoms with Crippen LogP contribution < -0.4 is 0 Å². The van der Waals surface area contributed by atoms with E-state index in [2.05, 4.69) is 71.0 Å². The van der Waals surface area contributed by atoms with Crippen LogP contribution in [0.4, 0.5) is 0 Å². The standard InChI is InChI=1S/C40H61ClO6/c1-7-12-20-43-28-36-37(44-21-13-8-2)38(45-22-14-9-3)39(46-23-15-10-4)40(47-36)27-35(42-6)32-26-34(41)31(25-33(32)40)24-30-18-16-29(11-5)17-19-30/h16-19,25-26,35-39H,7-15,20-24,27-28H2,1-6H3/t35?,36-,37-,38+,39-,40+/m1/s1. The highest BCUT2D eigenvalue weighted by atomic mass is 35.5. The summed E-state index contributed by atoms with van der Waals surface area (Å²) in [5.41, 5.74) is 4.97.